The summed E-state index contributed by atoms with van der Waals surface area (Å²) in [6, 6.07) is 15.9. The fourth-order valence-electron chi connectivity index (χ4n) is 3.41. The second-order valence-electron chi connectivity index (χ2n) is 7.56. The number of aryl methyl sites for hydroxylation is 2. The first kappa shape index (κ1) is 23.9. The summed E-state index contributed by atoms with van der Waals surface area (Å²) in [4.78, 5) is 24.9. The third-order valence-corrected chi connectivity index (χ3v) is 7.40. The van der Waals surface area contributed by atoms with Crippen LogP contribution in [0.25, 0.3) is 5.69 Å². The largest absolute Gasteiger partial charge is 0.457 e. The zero-order valence-electron chi connectivity index (χ0n) is 18.1. The Bertz CT molecular complexity index is 1240. The Morgan fingerprint density at radius 3 is 2.22 bits per heavy atom. The monoisotopic (exact) mass is 517 g/mol. The molecule has 1 aromatic heterocycles. The van der Waals surface area contributed by atoms with Crippen molar-refractivity contribution in [2.45, 2.75) is 32.1 Å². The number of hydrogen-bond acceptors (Lipinski definition) is 5. The van der Waals surface area contributed by atoms with E-state index in [9.17, 15) is 18.0 Å². The Morgan fingerprint density at radius 2 is 1.59 bits per heavy atom. The van der Waals surface area contributed by atoms with Gasteiger partial charge in [0, 0.05) is 27.1 Å². The van der Waals surface area contributed by atoms with E-state index in [-0.39, 0.29) is 22.9 Å². The summed E-state index contributed by atoms with van der Waals surface area (Å²) >= 11 is 3.41. The van der Waals surface area contributed by atoms with Crippen LogP contribution in [0, 0.1) is 20.8 Å². The highest BCUT2D eigenvalue weighted by molar-refractivity contribution is 9.10. The van der Waals surface area contributed by atoms with E-state index in [1.165, 1.54) is 12.1 Å². The average Bonchev–Trinajstić information content (AvgIpc) is 3.05. The SMILES string of the molecule is Cc1ccc(S(=O)(=O)CCC(=O)OCC(=O)c2cc(C)n(-c3ccc(Br)cc3)c2C)cc1. The van der Waals surface area contributed by atoms with E-state index in [2.05, 4.69) is 15.9 Å². The highest BCUT2D eigenvalue weighted by atomic mass is 79.9. The van der Waals surface area contributed by atoms with E-state index in [1.807, 2.05) is 49.6 Å². The summed E-state index contributed by atoms with van der Waals surface area (Å²) < 4.78 is 32.7. The zero-order chi connectivity index (χ0) is 23.5. The first-order valence-corrected chi connectivity index (χ1v) is 12.5. The smallest absolute Gasteiger partial charge is 0.307 e. The molecule has 3 rings (SSSR count). The van der Waals surface area contributed by atoms with E-state index < -0.39 is 22.4 Å². The second-order valence-corrected chi connectivity index (χ2v) is 10.6. The van der Waals surface area contributed by atoms with Gasteiger partial charge < -0.3 is 9.30 Å². The molecule has 0 N–H and O–H groups in total. The molecule has 0 spiro atoms. The number of ether oxygens (including phenoxy) is 1. The third kappa shape index (κ3) is 5.55. The molecule has 1 heterocycles. The number of aromatic nitrogens is 1. The summed E-state index contributed by atoms with van der Waals surface area (Å²) in [7, 11) is -3.60. The molecule has 3 aromatic rings. The second kappa shape index (κ2) is 9.83. The number of carbonyl (C=O) groups is 2. The number of benzene rings is 2. The molecule has 0 bridgehead atoms. The van der Waals surface area contributed by atoms with E-state index >= 15 is 0 Å². The quantitative estimate of drug-likeness (QED) is 0.318. The Balaban J connectivity index is 1.61. The minimum atomic E-state index is -3.60. The molecule has 8 heteroatoms. The molecule has 0 amide bonds. The lowest BCUT2D eigenvalue weighted by Gasteiger charge is -2.10. The van der Waals surface area contributed by atoms with Gasteiger partial charge in [0.2, 0.25) is 5.78 Å². The maximum atomic E-state index is 12.7. The summed E-state index contributed by atoms with van der Waals surface area (Å²) in [6.07, 6.45) is -0.318. The average molecular weight is 518 g/mol. The molecule has 0 saturated carbocycles. The van der Waals surface area contributed by atoms with Crippen LogP contribution in [0.2, 0.25) is 0 Å². The van der Waals surface area contributed by atoms with Crippen LogP contribution in [0.3, 0.4) is 0 Å². The molecule has 0 aliphatic heterocycles. The van der Waals surface area contributed by atoms with Gasteiger partial charge in [-0.3, -0.25) is 9.59 Å². The van der Waals surface area contributed by atoms with Gasteiger partial charge in [-0.15, -0.1) is 0 Å². The van der Waals surface area contributed by atoms with Crippen LogP contribution in [0.15, 0.2) is 64.0 Å². The van der Waals surface area contributed by atoms with Crippen LogP contribution in [-0.4, -0.2) is 37.1 Å². The van der Waals surface area contributed by atoms with Gasteiger partial charge in [0.25, 0.3) is 0 Å². The molecule has 0 aliphatic carbocycles. The number of nitrogens with zero attached hydrogens (tertiary/aromatic N) is 1. The molecule has 0 fully saturated rings. The number of hydrogen-bond donors (Lipinski definition) is 0. The molecule has 0 unspecified atom stereocenters. The van der Waals surface area contributed by atoms with Crippen LogP contribution in [0.5, 0.6) is 0 Å². The highest BCUT2D eigenvalue weighted by Crippen LogP contribution is 2.23. The van der Waals surface area contributed by atoms with Crippen molar-refractivity contribution in [1.29, 1.82) is 0 Å². The van der Waals surface area contributed by atoms with Crippen molar-refractivity contribution in [3.63, 3.8) is 0 Å². The number of ketones is 1. The van der Waals surface area contributed by atoms with Crippen LogP contribution in [-0.2, 0) is 19.4 Å². The van der Waals surface area contributed by atoms with Crippen molar-refractivity contribution < 1.29 is 22.7 Å². The van der Waals surface area contributed by atoms with Crippen LogP contribution in [0.4, 0.5) is 0 Å². The first-order chi connectivity index (χ1) is 15.1. The van der Waals surface area contributed by atoms with Gasteiger partial charge in [0.15, 0.2) is 16.4 Å². The van der Waals surface area contributed by atoms with E-state index in [0.29, 0.717) is 5.56 Å². The highest BCUT2D eigenvalue weighted by Gasteiger charge is 2.20. The minimum absolute atomic E-state index is 0.160. The first-order valence-electron chi connectivity index (χ1n) is 10.0. The number of Topliss-reactive ketones (excluding diaryl/α,β-unsaturated/α-hetero) is 1. The van der Waals surface area contributed by atoms with E-state index in [0.717, 1.165) is 27.1 Å². The van der Waals surface area contributed by atoms with Gasteiger partial charge in [0.1, 0.15) is 0 Å². The van der Waals surface area contributed by atoms with Crippen LogP contribution < -0.4 is 0 Å². The zero-order valence-corrected chi connectivity index (χ0v) is 20.5. The Labute approximate surface area is 196 Å². The summed E-state index contributed by atoms with van der Waals surface area (Å²) in [5.41, 5.74) is 3.95. The summed E-state index contributed by atoms with van der Waals surface area (Å²) in [5.74, 6) is -1.44. The standard InChI is InChI=1S/C24H24BrNO5S/c1-16-4-10-21(11-5-16)32(29,30)13-12-24(28)31-15-23(27)22-14-17(2)26(18(22)3)20-8-6-19(25)7-9-20/h4-11,14H,12-13,15H2,1-3H3. The number of halogens is 1. The predicted molar refractivity (Wildman–Crippen MR) is 126 cm³/mol. The minimum Gasteiger partial charge on any atom is -0.457 e. The molecule has 0 aliphatic rings. The number of rotatable bonds is 8. The van der Waals surface area contributed by atoms with Gasteiger partial charge in [0.05, 0.1) is 17.1 Å². The van der Waals surface area contributed by atoms with Gasteiger partial charge in [-0.1, -0.05) is 33.6 Å². The van der Waals surface area contributed by atoms with Crippen molar-refractivity contribution in [3.05, 3.63) is 81.6 Å². The molecule has 0 saturated heterocycles. The number of esters is 1. The van der Waals surface area contributed by atoms with E-state index in [1.54, 1.807) is 18.2 Å². The lowest BCUT2D eigenvalue weighted by atomic mass is 10.1. The lowest BCUT2D eigenvalue weighted by Crippen LogP contribution is -2.18. The number of carbonyl (C=O) groups excluding carboxylic acids is 2. The van der Waals surface area contributed by atoms with Gasteiger partial charge in [-0.2, -0.15) is 0 Å². The maximum absolute atomic E-state index is 12.7. The fourth-order valence-corrected chi connectivity index (χ4v) is 4.90. The molecule has 0 radical (unpaired) electrons. The number of sulfone groups is 1. The van der Waals surface area contributed by atoms with E-state index in [4.69, 9.17) is 4.74 Å². The Kier molecular flexibility index (Phi) is 7.36. The lowest BCUT2D eigenvalue weighted by molar-refractivity contribution is -0.142. The Hall–Kier alpha value is -2.71. The molecule has 168 valence electrons. The summed E-state index contributed by atoms with van der Waals surface area (Å²) in [5, 5.41) is 0. The molecule has 0 atom stereocenters. The topological polar surface area (TPSA) is 82.4 Å². The van der Waals surface area contributed by atoms with Gasteiger partial charge in [-0.25, -0.2) is 8.42 Å². The van der Waals surface area contributed by atoms with Crippen molar-refractivity contribution in [3.8, 4) is 5.69 Å². The Morgan fingerprint density at radius 1 is 0.969 bits per heavy atom. The van der Waals surface area contributed by atoms with Gasteiger partial charge in [-0.05, 0) is 63.2 Å². The van der Waals surface area contributed by atoms with Gasteiger partial charge >= 0.3 is 5.97 Å². The summed E-state index contributed by atoms with van der Waals surface area (Å²) in [6.45, 7) is 5.15. The molecular weight excluding hydrogens is 494 g/mol. The van der Waals surface area contributed by atoms with Crippen molar-refractivity contribution >= 4 is 37.5 Å². The molecular formula is C24H24BrNO5S. The van der Waals surface area contributed by atoms with Crippen LogP contribution >= 0.6 is 15.9 Å². The molecule has 2 aromatic carbocycles. The maximum Gasteiger partial charge on any atom is 0.307 e. The van der Waals surface area contributed by atoms with Crippen LogP contribution in [0.1, 0.15) is 33.7 Å². The third-order valence-electron chi connectivity index (χ3n) is 5.14. The van der Waals surface area contributed by atoms with Crippen molar-refractivity contribution in [1.82, 2.24) is 4.57 Å². The molecule has 6 nitrogen and oxygen atoms in total. The van der Waals surface area contributed by atoms with Crippen molar-refractivity contribution in [2.24, 2.45) is 0 Å². The van der Waals surface area contributed by atoms with Crippen molar-refractivity contribution in [2.75, 3.05) is 12.4 Å². The normalized spacial score (nSPS) is 11.4. The predicted octanol–water partition coefficient (Wildman–Crippen LogP) is 4.75. The molecule has 32 heavy (non-hydrogen) atoms. The fraction of sp³-hybridized carbons (Fsp3) is 0.250.